The summed E-state index contributed by atoms with van der Waals surface area (Å²) in [7, 11) is 1.56. The number of ketones is 1. The second-order valence-electron chi connectivity index (χ2n) is 6.83. The largest absolute Gasteiger partial charge is 0.497 e. The monoisotopic (exact) mass is 378 g/mol. The number of hydrogen-bond donors (Lipinski definition) is 1. The Kier molecular flexibility index (Phi) is 4.43. The number of ether oxygens (including phenoxy) is 1. The van der Waals surface area contributed by atoms with E-state index in [-0.39, 0.29) is 30.6 Å². The van der Waals surface area contributed by atoms with Crippen LogP contribution in [-0.2, 0) is 16.1 Å². The van der Waals surface area contributed by atoms with Crippen molar-refractivity contribution in [2.45, 2.75) is 25.4 Å². The molecule has 1 atom stereocenters. The third kappa shape index (κ3) is 3.05. The number of fused-ring (bicyclic) bond motifs is 1. The van der Waals surface area contributed by atoms with Crippen LogP contribution in [0.2, 0.25) is 0 Å². The van der Waals surface area contributed by atoms with Crippen molar-refractivity contribution in [3.8, 4) is 5.75 Å². The van der Waals surface area contributed by atoms with Gasteiger partial charge in [-0.25, -0.2) is 0 Å². The molecular weight excluding hydrogens is 360 g/mol. The van der Waals surface area contributed by atoms with Gasteiger partial charge < -0.3 is 9.64 Å². The van der Waals surface area contributed by atoms with E-state index in [0.29, 0.717) is 34.4 Å². The van der Waals surface area contributed by atoms with Gasteiger partial charge >= 0.3 is 0 Å². The van der Waals surface area contributed by atoms with Gasteiger partial charge in [0.15, 0.2) is 5.78 Å². The molecule has 0 saturated carbocycles. The number of amides is 3. The summed E-state index contributed by atoms with van der Waals surface area (Å²) in [5, 5.41) is 2.28. The molecule has 0 spiro atoms. The minimum atomic E-state index is -0.668. The van der Waals surface area contributed by atoms with Crippen molar-refractivity contribution in [3.63, 3.8) is 0 Å². The van der Waals surface area contributed by atoms with Gasteiger partial charge in [-0.1, -0.05) is 6.07 Å². The average Bonchev–Trinajstić information content (AvgIpc) is 3.03. The van der Waals surface area contributed by atoms with E-state index in [1.54, 1.807) is 49.6 Å². The number of hydrogen-bond acceptors (Lipinski definition) is 5. The quantitative estimate of drug-likeness (QED) is 0.646. The van der Waals surface area contributed by atoms with Crippen LogP contribution < -0.4 is 10.1 Å². The molecule has 3 amide bonds. The van der Waals surface area contributed by atoms with Crippen molar-refractivity contribution < 1.29 is 23.9 Å². The van der Waals surface area contributed by atoms with Gasteiger partial charge in [0, 0.05) is 29.7 Å². The molecule has 4 rings (SSSR count). The van der Waals surface area contributed by atoms with Crippen LogP contribution in [0.15, 0.2) is 42.5 Å². The van der Waals surface area contributed by atoms with Crippen LogP contribution in [0.3, 0.4) is 0 Å². The molecule has 2 aromatic carbocycles. The van der Waals surface area contributed by atoms with Crippen LogP contribution >= 0.6 is 0 Å². The molecule has 28 heavy (non-hydrogen) atoms. The lowest BCUT2D eigenvalue weighted by Gasteiger charge is -2.29. The number of carbonyl (C=O) groups excluding carboxylic acids is 4. The number of benzene rings is 2. The first kappa shape index (κ1) is 17.9. The molecule has 7 heteroatoms. The van der Waals surface area contributed by atoms with Crippen LogP contribution in [0.5, 0.6) is 5.75 Å². The predicted octanol–water partition coefficient (Wildman–Crippen LogP) is 1.69. The number of nitrogens with zero attached hydrogens (tertiary/aromatic N) is 1. The molecule has 7 nitrogen and oxygen atoms in total. The van der Waals surface area contributed by atoms with Crippen molar-refractivity contribution >= 4 is 23.5 Å². The fourth-order valence-corrected chi connectivity index (χ4v) is 3.62. The fourth-order valence-electron chi connectivity index (χ4n) is 3.62. The van der Waals surface area contributed by atoms with E-state index in [0.717, 1.165) is 0 Å². The lowest BCUT2D eigenvalue weighted by Crippen LogP contribution is -2.52. The summed E-state index contributed by atoms with van der Waals surface area (Å²) >= 11 is 0. The van der Waals surface area contributed by atoms with Crippen LogP contribution in [0.4, 0.5) is 0 Å². The highest BCUT2D eigenvalue weighted by Crippen LogP contribution is 2.29. The Morgan fingerprint density at radius 3 is 2.46 bits per heavy atom. The minimum Gasteiger partial charge on any atom is -0.497 e. The van der Waals surface area contributed by atoms with Crippen LogP contribution in [-0.4, -0.2) is 41.6 Å². The van der Waals surface area contributed by atoms with Crippen LogP contribution in [0.25, 0.3) is 0 Å². The molecule has 2 aliphatic heterocycles. The fraction of sp³-hybridized carbons (Fsp3) is 0.238. The highest BCUT2D eigenvalue weighted by atomic mass is 16.5. The first-order valence-corrected chi connectivity index (χ1v) is 8.94. The van der Waals surface area contributed by atoms with Gasteiger partial charge in [-0.2, -0.15) is 0 Å². The molecule has 2 heterocycles. The van der Waals surface area contributed by atoms with Gasteiger partial charge in [0.2, 0.25) is 11.8 Å². The first-order chi connectivity index (χ1) is 13.5. The summed E-state index contributed by atoms with van der Waals surface area (Å²) in [5.41, 5.74) is 2.18. The van der Waals surface area contributed by atoms with Crippen molar-refractivity contribution in [3.05, 3.63) is 64.7 Å². The van der Waals surface area contributed by atoms with E-state index in [2.05, 4.69) is 5.32 Å². The van der Waals surface area contributed by atoms with Crippen molar-refractivity contribution in [1.29, 1.82) is 0 Å². The maximum atomic E-state index is 12.8. The van der Waals surface area contributed by atoms with E-state index < -0.39 is 11.9 Å². The van der Waals surface area contributed by atoms with Crippen LogP contribution in [0.1, 0.15) is 44.7 Å². The van der Waals surface area contributed by atoms with Crippen LogP contribution in [0, 0.1) is 0 Å². The Balaban J connectivity index is 1.57. The predicted molar refractivity (Wildman–Crippen MR) is 98.9 cm³/mol. The summed E-state index contributed by atoms with van der Waals surface area (Å²) < 4.78 is 5.10. The van der Waals surface area contributed by atoms with E-state index >= 15 is 0 Å². The Morgan fingerprint density at radius 1 is 1.07 bits per heavy atom. The molecule has 0 aromatic heterocycles. The molecule has 2 aromatic rings. The smallest absolute Gasteiger partial charge is 0.255 e. The van der Waals surface area contributed by atoms with Gasteiger partial charge in [-0.05, 0) is 48.4 Å². The molecule has 0 radical (unpaired) electrons. The van der Waals surface area contributed by atoms with E-state index in [1.807, 2.05) is 0 Å². The third-order valence-corrected chi connectivity index (χ3v) is 5.14. The molecule has 1 saturated heterocycles. The molecule has 0 bridgehead atoms. The van der Waals surface area contributed by atoms with E-state index in [9.17, 15) is 19.2 Å². The Bertz CT molecular complexity index is 996. The lowest BCUT2D eigenvalue weighted by atomic mass is 9.99. The van der Waals surface area contributed by atoms with Gasteiger partial charge in [-0.15, -0.1) is 0 Å². The normalized spacial score (nSPS) is 18.7. The highest BCUT2D eigenvalue weighted by molar-refractivity contribution is 6.10. The summed E-state index contributed by atoms with van der Waals surface area (Å²) in [6, 6.07) is 11.1. The number of methoxy groups -OCH3 is 1. The molecule has 0 aliphatic carbocycles. The second-order valence-corrected chi connectivity index (χ2v) is 6.83. The van der Waals surface area contributed by atoms with Crippen molar-refractivity contribution in [2.75, 3.05) is 7.11 Å². The zero-order chi connectivity index (χ0) is 19.8. The second kappa shape index (κ2) is 6.92. The number of nitrogens with one attached hydrogen (secondary N) is 1. The zero-order valence-corrected chi connectivity index (χ0v) is 15.2. The molecular formula is C21H18N2O5. The molecule has 142 valence electrons. The van der Waals surface area contributed by atoms with Gasteiger partial charge in [-0.3, -0.25) is 24.5 Å². The standard InChI is InChI=1S/C21H18N2O5/c1-28-15-5-2-12(3-6-15)19(25)13-4-7-16-14(10-13)11-23(21(16)27)17-8-9-18(24)22-20(17)26/h2-7,10,17H,8-9,11H2,1H3,(H,22,24,26). The van der Waals surface area contributed by atoms with Gasteiger partial charge in [0.25, 0.3) is 5.91 Å². The van der Waals surface area contributed by atoms with E-state index in [1.165, 1.54) is 4.90 Å². The molecule has 1 unspecified atom stereocenters. The Labute approximate surface area is 161 Å². The maximum absolute atomic E-state index is 12.8. The maximum Gasteiger partial charge on any atom is 0.255 e. The van der Waals surface area contributed by atoms with Crippen molar-refractivity contribution in [2.24, 2.45) is 0 Å². The topological polar surface area (TPSA) is 92.8 Å². The SMILES string of the molecule is COc1ccc(C(=O)c2ccc3c(c2)CN(C2CCC(=O)NC2=O)C3=O)cc1. The zero-order valence-electron chi connectivity index (χ0n) is 15.2. The Morgan fingerprint density at radius 2 is 1.79 bits per heavy atom. The average molecular weight is 378 g/mol. The van der Waals surface area contributed by atoms with Gasteiger partial charge in [0.05, 0.1) is 7.11 Å². The minimum absolute atomic E-state index is 0.155. The summed E-state index contributed by atoms with van der Waals surface area (Å²) in [5.74, 6) is -0.522. The summed E-state index contributed by atoms with van der Waals surface area (Å²) in [4.78, 5) is 50.4. The van der Waals surface area contributed by atoms with Crippen molar-refractivity contribution in [1.82, 2.24) is 10.2 Å². The lowest BCUT2D eigenvalue weighted by molar-refractivity contribution is -0.136. The number of piperidine rings is 1. The molecule has 2 aliphatic rings. The first-order valence-electron chi connectivity index (χ1n) is 8.94. The summed E-state index contributed by atoms with van der Waals surface area (Å²) in [6.45, 7) is 0.240. The number of imide groups is 1. The highest BCUT2D eigenvalue weighted by Gasteiger charge is 2.39. The number of rotatable bonds is 4. The Hall–Kier alpha value is -3.48. The third-order valence-electron chi connectivity index (χ3n) is 5.14. The molecule has 1 fully saturated rings. The van der Waals surface area contributed by atoms with E-state index in [4.69, 9.17) is 4.74 Å². The van der Waals surface area contributed by atoms with Gasteiger partial charge in [0.1, 0.15) is 11.8 Å². The summed E-state index contributed by atoms with van der Waals surface area (Å²) in [6.07, 6.45) is 0.514. The molecule has 1 N–H and O–H groups in total. The number of carbonyl (C=O) groups is 4.